The standard InChI is InChI=1S/C22H24N2O2/c1-15-12-20(15)22(26)23-11-10-21(25)24-13-16-6-2-4-8-18(16)19-9-5-3-7-17(19)14-24/h2-9,15,20H,10-14H2,1H3,(H,23,26). The third-order valence-electron chi connectivity index (χ3n) is 5.48. The molecule has 1 N–H and O–H groups in total. The van der Waals surface area contributed by atoms with Gasteiger partial charge in [0.1, 0.15) is 0 Å². The Morgan fingerprint density at radius 1 is 1.00 bits per heavy atom. The lowest BCUT2D eigenvalue weighted by Gasteiger charge is -2.21. The number of benzene rings is 2. The van der Waals surface area contributed by atoms with Gasteiger partial charge in [0.05, 0.1) is 0 Å². The first kappa shape index (κ1) is 16.8. The van der Waals surface area contributed by atoms with E-state index in [1.807, 2.05) is 29.2 Å². The lowest BCUT2D eigenvalue weighted by molar-refractivity contribution is -0.132. The molecule has 1 heterocycles. The van der Waals surface area contributed by atoms with Crippen LogP contribution in [0.4, 0.5) is 0 Å². The van der Waals surface area contributed by atoms with Crippen LogP contribution in [0.25, 0.3) is 11.1 Å². The summed E-state index contributed by atoms with van der Waals surface area (Å²) in [5.74, 6) is 0.823. The van der Waals surface area contributed by atoms with Crippen molar-refractivity contribution < 1.29 is 9.59 Å². The molecule has 134 valence electrons. The predicted molar refractivity (Wildman–Crippen MR) is 101 cm³/mol. The third kappa shape index (κ3) is 3.36. The maximum absolute atomic E-state index is 12.8. The van der Waals surface area contributed by atoms with Gasteiger partial charge in [-0.1, -0.05) is 55.5 Å². The van der Waals surface area contributed by atoms with E-state index in [2.05, 4.69) is 36.5 Å². The molecule has 2 aromatic carbocycles. The maximum atomic E-state index is 12.8. The molecule has 4 rings (SSSR count). The third-order valence-corrected chi connectivity index (χ3v) is 5.48. The van der Waals surface area contributed by atoms with Crippen molar-refractivity contribution in [2.45, 2.75) is 32.9 Å². The first-order valence-corrected chi connectivity index (χ1v) is 9.35. The Morgan fingerprint density at radius 2 is 1.54 bits per heavy atom. The van der Waals surface area contributed by atoms with Gasteiger partial charge in [-0.2, -0.15) is 0 Å². The lowest BCUT2D eigenvalue weighted by Crippen LogP contribution is -2.34. The zero-order chi connectivity index (χ0) is 18.1. The number of rotatable bonds is 4. The second-order valence-corrected chi connectivity index (χ2v) is 7.42. The largest absolute Gasteiger partial charge is 0.355 e. The van der Waals surface area contributed by atoms with Crippen LogP contribution in [0.2, 0.25) is 0 Å². The number of hydrogen-bond donors (Lipinski definition) is 1. The highest BCUT2D eigenvalue weighted by Gasteiger charge is 2.38. The van der Waals surface area contributed by atoms with Gasteiger partial charge < -0.3 is 10.2 Å². The zero-order valence-electron chi connectivity index (χ0n) is 15.1. The molecule has 2 amide bonds. The van der Waals surface area contributed by atoms with Gasteiger partial charge in [-0.25, -0.2) is 0 Å². The summed E-state index contributed by atoms with van der Waals surface area (Å²) in [7, 11) is 0. The molecular formula is C22H24N2O2. The fraction of sp³-hybridized carbons (Fsp3) is 0.364. The molecule has 2 unspecified atom stereocenters. The van der Waals surface area contributed by atoms with E-state index in [1.165, 1.54) is 22.3 Å². The molecule has 2 aliphatic rings. The smallest absolute Gasteiger partial charge is 0.224 e. The molecule has 0 saturated heterocycles. The van der Waals surface area contributed by atoms with Crippen molar-refractivity contribution >= 4 is 11.8 Å². The molecule has 0 bridgehead atoms. The molecule has 0 radical (unpaired) electrons. The molecule has 1 fully saturated rings. The Kier molecular flexibility index (Phi) is 4.49. The maximum Gasteiger partial charge on any atom is 0.224 e. The summed E-state index contributed by atoms with van der Waals surface area (Å²) in [6, 6.07) is 16.6. The molecule has 2 aromatic rings. The van der Waals surface area contributed by atoms with Crippen molar-refractivity contribution in [1.82, 2.24) is 10.2 Å². The second kappa shape index (κ2) is 6.94. The van der Waals surface area contributed by atoms with Crippen LogP contribution in [-0.2, 0) is 22.7 Å². The van der Waals surface area contributed by atoms with Gasteiger partial charge in [-0.05, 0) is 34.6 Å². The minimum absolute atomic E-state index is 0.0839. The van der Waals surface area contributed by atoms with Crippen LogP contribution < -0.4 is 5.32 Å². The second-order valence-electron chi connectivity index (χ2n) is 7.42. The van der Waals surface area contributed by atoms with E-state index < -0.39 is 0 Å². The van der Waals surface area contributed by atoms with Gasteiger partial charge in [0.15, 0.2) is 0 Å². The Balaban J connectivity index is 1.46. The van der Waals surface area contributed by atoms with E-state index in [9.17, 15) is 9.59 Å². The van der Waals surface area contributed by atoms with Crippen molar-refractivity contribution in [3.05, 3.63) is 59.7 Å². The SMILES string of the molecule is CC1CC1C(=O)NCCC(=O)N1Cc2ccccc2-c2ccccc2C1. The van der Waals surface area contributed by atoms with Crippen LogP contribution >= 0.6 is 0 Å². The minimum Gasteiger partial charge on any atom is -0.355 e. The van der Waals surface area contributed by atoms with Crippen molar-refractivity contribution in [2.24, 2.45) is 11.8 Å². The topological polar surface area (TPSA) is 49.4 Å². The highest BCUT2D eigenvalue weighted by molar-refractivity contribution is 5.83. The number of fused-ring (bicyclic) bond motifs is 3. The normalized spacial score (nSPS) is 20.6. The molecule has 1 aliphatic heterocycles. The van der Waals surface area contributed by atoms with E-state index in [1.54, 1.807) is 0 Å². The quantitative estimate of drug-likeness (QED) is 0.921. The van der Waals surface area contributed by atoms with Crippen LogP contribution in [0.15, 0.2) is 48.5 Å². The average Bonchev–Trinajstić information content (AvgIpc) is 3.41. The van der Waals surface area contributed by atoms with Crippen LogP contribution in [0, 0.1) is 11.8 Å². The van der Waals surface area contributed by atoms with Crippen molar-refractivity contribution in [2.75, 3.05) is 6.54 Å². The van der Waals surface area contributed by atoms with E-state index >= 15 is 0 Å². The zero-order valence-corrected chi connectivity index (χ0v) is 15.1. The Hall–Kier alpha value is -2.62. The van der Waals surface area contributed by atoms with Gasteiger partial charge in [-0.15, -0.1) is 0 Å². The number of carbonyl (C=O) groups is 2. The summed E-state index contributed by atoms with van der Waals surface area (Å²) in [6.45, 7) is 3.72. The minimum atomic E-state index is 0.0839. The summed E-state index contributed by atoms with van der Waals surface area (Å²) < 4.78 is 0. The van der Waals surface area contributed by atoms with Gasteiger partial charge in [0.2, 0.25) is 11.8 Å². The van der Waals surface area contributed by atoms with Crippen LogP contribution in [0.5, 0.6) is 0 Å². The number of nitrogens with zero attached hydrogens (tertiary/aromatic N) is 1. The number of hydrogen-bond acceptors (Lipinski definition) is 2. The van der Waals surface area contributed by atoms with Crippen LogP contribution in [0.1, 0.15) is 30.9 Å². The lowest BCUT2D eigenvalue weighted by atomic mass is 9.97. The van der Waals surface area contributed by atoms with E-state index in [-0.39, 0.29) is 17.7 Å². The van der Waals surface area contributed by atoms with Crippen molar-refractivity contribution in [3.8, 4) is 11.1 Å². The molecule has 0 aromatic heterocycles. The fourth-order valence-corrected chi connectivity index (χ4v) is 3.75. The molecule has 26 heavy (non-hydrogen) atoms. The van der Waals surface area contributed by atoms with Crippen molar-refractivity contribution in [1.29, 1.82) is 0 Å². The first-order chi connectivity index (χ1) is 12.6. The van der Waals surface area contributed by atoms with Gasteiger partial charge in [0.25, 0.3) is 0 Å². The molecule has 1 aliphatic carbocycles. The monoisotopic (exact) mass is 348 g/mol. The number of amides is 2. The molecule has 1 saturated carbocycles. The van der Waals surface area contributed by atoms with Gasteiger partial charge in [-0.3, -0.25) is 9.59 Å². The summed E-state index contributed by atoms with van der Waals surface area (Å²) in [5, 5.41) is 2.91. The summed E-state index contributed by atoms with van der Waals surface area (Å²) >= 11 is 0. The molecule has 0 spiro atoms. The highest BCUT2D eigenvalue weighted by Crippen LogP contribution is 2.37. The van der Waals surface area contributed by atoms with Gasteiger partial charge >= 0.3 is 0 Å². The van der Waals surface area contributed by atoms with E-state index in [4.69, 9.17) is 0 Å². The van der Waals surface area contributed by atoms with E-state index in [0.29, 0.717) is 32.0 Å². The molecular weight excluding hydrogens is 324 g/mol. The number of nitrogens with one attached hydrogen (secondary N) is 1. The Morgan fingerprint density at radius 3 is 2.08 bits per heavy atom. The molecule has 4 heteroatoms. The first-order valence-electron chi connectivity index (χ1n) is 9.35. The highest BCUT2D eigenvalue weighted by atomic mass is 16.2. The predicted octanol–water partition coefficient (Wildman–Crippen LogP) is 3.36. The summed E-state index contributed by atoms with van der Waals surface area (Å²) in [4.78, 5) is 26.6. The molecule has 2 atom stereocenters. The summed E-state index contributed by atoms with van der Waals surface area (Å²) in [6.07, 6.45) is 1.32. The summed E-state index contributed by atoms with van der Waals surface area (Å²) in [5.41, 5.74) is 4.74. The van der Waals surface area contributed by atoms with Gasteiger partial charge in [0, 0.05) is 32.0 Å². The van der Waals surface area contributed by atoms with Crippen molar-refractivity contribution in [3.63, 3.8) is 0 Å². The Bertz CT molecular complexity index is 798. The van der Waals surface area contributed by atoms with Crippen LogP contribution in [-0.4, -0.2) is 23.3 Å². The fourth-order valence-electron chi connectivity index (χ4n) is 3.75. The molecule has 4 nitrogen and oxygen atoms in total. The van der Waals surface area contributed by atoms with E-state index in [0.717, 1.165) is 6.42 Å². The number of carbonyl (C=O) groups excluding carboxylic acids is 2. The Labute approximate surface area is 154 Å². The average molecular weight is 348 g/mol. The van der Waals surface area contributed by atoms with Crippen LogP contribution in [0.3, 0.4) is 0 Å².